The average molecular weight is 401 g/mol. The molecule has 1 aliphatic heterocycles. The lowest BCUT2D eigenvalue weighted by Gasteiger charge is -2.28. The van der Waals surface area contributed by atoms with E-state index in [1.54, 1.807) is 33.1 Å². The van der Waals surface area contributed by atoms with Gasteiger partial charge in [0.2, 0.25) is 0 Å². The minimum Gasteiger partial charge on any atom is -0.497 e. The van der Waals surface area contributed by atoms with Crippen LogP contribution in [0.1, 0.15) is 37.8 Å². The SMILES string of the molecule is CCOC(=O)C1=C(C)Nc2nc(SCC)[nH]c(=O)c2C1c1ccc(OC)cc1. The molecule has 0 bridgehead atoms. The third-order valence-electron chi connectivity index (χ3n) is 4.45. The fraction of sp³-hybridized carbons (Fsp3) is 0.350. The first-order chi connectivity index (χ1) is 13.5. The number of allylic oxidation sites excluding steroid dienone is 1. The monoisotopic (exact) mass is 401 g/mol. The molecule has 3 rings (SSSR count). The van der Waals surface area contributed by atoms with Crippen molar-refractivity contribution in [3.8, 4) is 5.75 Å². The van der Waals surface area contributed by atoms with E-state index in [-0.39, 0.29) is 12.2 Å². The number of aromatic nitrogens is 2. The van der Waals surface area contributed by atoms with Gasteiger partial charge in [-0.2, -0.15) is 0 Å². The number of anilines is 1. The summed E-state index contributed by atoms with van der Waals surface area (Å²) in [6, 6.07) is 7.30. The molecule has 0 saturated carbocycles. The summed E-state index contributed by atoms with van der Waals surface area (Å²) >= 11 is 1.45. The number of rotatable bonds is 6. The van der Waals surface area contributed by atoms with Gasteiger partial charge < -0.3 is 19.8 Å². The molecule has 0 fully saturated rings. The second kappa shape index (κ2) is 8.52. The summed E-state index contributed by atoms with van der Waals surface area (Å²) in [5, 5.41) is 3.66. The quantitative estimate of drug-likeness (QED) is 0.436. The predicted octanol–water partition coefficient (Wildman–Crippen LogP) is 3.29. The first kappa shape index (κ1) is 20.0. The Morgan fingerprint density at radius 3 is 2.57 bits per heavy atom. The van der Waals surface area contributed by atoms with Crippen molar-refractivity contribution in [2.24, 2.45) is 0 Å². The first-order valence-electron chi connectivity index (χ1n) is 9.06. The van der Waals surface area contributed by atoms with E-state index in [0.717, 1.165) is 11.3 Å². The number of H-pyrrole nitrogens is 1. The first-order valence-corrected chi connectivity index (χ1v) is 10.0. The second-order valence-corrected chi connectivity index (χ2v) is 7.41. The molecule has 0 amide bonds. The second-order valence-electron chi connectivity index (χ2n) is 6.16. The van der Waals surface area contributed by atoms with Gasteiger partial charge in [-0.25, -0.2) is 9.78 Å². The van der Waals surface area contributed by atoms with Crippen LogP contribution < -0.4 is 15.6 Å². The number of nitrogens with zero attached hydrogens (tertiary/aromatic N) is 1. The molecule has 2 aromatic rings. The Kier molecular flexibility index (Phi) is 6.08. The van der Waals surface area contributed by atoms with Crippen molar-refractivity contribution in [2.45, 2.75) is 31.8 Å². The molecule has 0 spiro atoms. The van der Waals surface area contributed by atoms with Crippen LogP contribution in [-0.4, -0.2) is 35.4 Å². The number of hydrogen-bond acceptors (Lipinski definition) is 7. The Morgan fingerprint density at radius 2 is 1.96 bits per heavy atom. The molecular formula is C20H23N3O4S. The summed E-state index contributed by atoms with van der Waals surface area (Å²) in [6.45, 7) is 5.78. The number of fused-ring (bicyclic) bond motifs is 1. The van der Waals surface area contributed by atoms with Crippen molar-refractivity contribution >= 4 is 23.5 Å². The number of aromatic amines is 1. The molecule has 1 aliphatic rings. The van der Waals surface area contributed by atoms with Crippen molar-refractivity contribution in [2.75, 3.05) is 24.8 Å². The zero-order valence-electron chi connectivity index (χ0n) is 16.3. The van der Waals surface area contributed by atoms with Gasteiger partial charge in [0.1, 0.15) is 11.6 Å². The highest BCUT2D eigenvalue weighted by molar-refractivity contribution is 7.99. The van der Waals surface area contributed by atoms with E-state index in [9.17, 15) is 9.59 Å². The van der Waals surface area contributed by atoms with Crippen LogP contribution >= 0.6 is 11.8 Å². The summed E-state index contributed by atoms with van der Waals surface area (Å²) in [5.41, 5.74) is 1.94. The van der Waals surface area contributed by atoms with E-state index in [1.807, 2.05) is 19.1 Å². The standard InChI is InChI=1S/C20H23N3O4S/c1-5-27-19(25)14-11(3)21-17-16(18(24)23-20(22-17)28-6-2)15(14)12-7-9-13(26-4)10-8-12/h7-10,15H,5-6H2,1-4H3,(H2,21,22,23,24). The third kappa shape index (κ3) is 3.77. The highest BCUT2D eigenvalue weighted by atomic mass is 32.2. The third-order valence-corrected chi connectivity index (χ3v) is 5.20. The maximum atomic E-state index is 13.0. The highest BCUT2D eigenvalue weighted by Gasteiger charge is 2.36. The van der Waals surface area contributed by atoms with Crippen molar-refractivity contribution < 1.29 is 14.3 Å². The maximum Gasteiger partial charge on any atom is 0.336 e. The van der Waals surface area contributed by atoms with Gasteiger partial charge >= 0.3 is 5.97 Å². The summed E-state index contributed by atoms with van der Waals surface area (Å²) in [7, 11) is 1.59. The summed E-state index contributed by atoms with van der Waals surface area (Å²) in [4.78, 5) is 33.0. The number of esters is 1. The summed E-state index contributed by atoms with van der Waals surface area (Å²) in [5.74, 6) is 0.902. The van der Waals surface area contributed by atoms with Crippen LogP contribution in [-0.2, 0) is 9.53 Å². The topological polar surface area (TPSA) is 93.3 Å². The van der Waals surface area contributed by atoms with Crippen molar-refractivity contribution in [3.05, 3.63) is 57.0 Å². The van der Waals surface area contributed by atoms with Gasteiger partial charge in [0.15, 0.2) is 5.16 Å². The Morgan fingerprint density at radius 1 is 1.25 bits per heavy atom. The lowest BCUT2D eigenvalue weighted by atomic mass is 9.82. The zero-order valence-corrected chi connectivity index (χ0v) is 17.1. The minimum absolute atomic E-state index is 0.248. The fourth-order valence-electron chi connectivity index (χ4n) is 3.25. The maximum absolute atomic E-state index is 13.0. The molecule has 1 aromatic heterocycles. The number of ether oxygens (including phenoxy) is 2. The number of nitrogens with one attached hydrogen (secondary N) is 2. The van der Waals surface area contributed by atoms with E-state index >= 15 is 0 Å². The van der Waals surface area contributed by atoms with E-state index in [1.165, 1.54) is 11.8 Å². The molecule has 0 radical (unpaired) electrons. The van der Waals surface area contributed by atoms with Crippen molar-refractivity contribution in [1.29, 1.82) is 0 Å². The Hall–Kier alpha value is -2.74. The van der Waals surface area contributed by atoms with E-state index in [0.29, 0.717) is 33.6 Å². The Bertz CT molecular complexity index is 966. The lowest BCUT2D eigenvalue weighted by Crippen LogP contribution is -2.31. The Balaban J connectivity index is 2.20. The lowest BCUT2D eigenvalue weighted by molar-refractivity contribution is -0.138. The molecule has 0 aliphatic carbocycles. The van der Waals surface area contributed by atoms with Crippen LogP contribution in [0.3, 0.4) is 0 Å². The number of benzene rings is 1. The largest absolute Gasteiger partial charge is 0.497 e. The molecule has 28 heavy (non-hydrogen) atoms. The molecule has 1 atom stereocenters. The summed E-state index contributed by atoms with van der Waals surface area (Å²) in [6.07, 6.45) is 0. The van der Waals surface area contributed by atoms with Gasteiger partial charge in [-0.15, -0.1) is 0 Å². The van der Waals surface area contributed by atoms with Crippen LogP contribution in [0.4, 0.5) is 5.82 Å². The van der Waals surface area contributed by atoms with Gasteiger partial charge in [0.25, 0.3) is 5.56 Å². The molecule has 2 N–H and O–H groups in total. The van der Waals surface area contributed by atoms with Crippen LogP contribution in [0.2, 0.25) is 0 Å². The van der Waals surface area contributed by atoms with Gasteiger partial charge in [-0.1, -0.05) is 30.8 Å². The smallest absolute Gasteiger partial charge is 0.336 e. The molecule has 1 aromatic carbocycles. The fourth-order valence-corrected chi connectivity index (χ4v) is 3.84. The van der Waals surface area contributed by atoms with E-state index in [4.69, 9.17) is 9.47 Å². The minimum atomic E-state index is -0.585. The molecule has 148 valence electrons. The average Bonchev–Trinajstić information content (AvgIpc) is 2.67. The molecule has 2 heterocycles. The van der Waals surface area contributed by atoms with Gasteiger partial charge in [-0.05, 0) is 37.3 Å². The molecular weight excluding hydrogens is 378 g/mol. The van der Waals surface area contributed by atoms with Crippen LogP contribution in [0.5, 0.6) is 5.75 Å². The predicted molar refractivity (Wildman–Crippen MR) is 109 cm³/mol. The van der Waals surface area contributed by atoms with Crippen LogP contribution in [0.25, 0.3) is 0 Å². The van der Waals surface area contributed by atoms with Crippen molar-refractivity contribution in [3.63, 3.8) is 0 Å². The van der Waals surface area contributed by atoms with Gasteiger partial charge in [0, 0.05) is 5.70 Å². The Labute approximate surface area is 167 Å². The van der Waals surface area contributed by atoms with Crippen LogP contribution in [0, 0.1) is 0 Å². The number of carbonyl (C=O) groups excluding carboxylic acids is 1. The molecule has 7 nitrogen and oxygen atoms in total. The summed E-state index contributed by atoms with van der Waals surface area (Å²) < 4.78 is 10.5. The van der Waals surface area contributed by atoms with Crippen LogP contribution in [0.15, 0.2) is 45.5 Å². The van der Waals surface area contributed by atoms with E-state index in [2.05, 4.69) is 15.3 Å². The zero-order chi connectivity index (χ0) is 20.3. The molecule has 0 saturated heterocycles. The number of thioether (sulfide) groups is 1. The number of methoxy groups -OCH3 is 1. The van der Waals surface area contributed by atoms with Gasteiger partial charge in [0.05, 0.1) is 30.8 Å². The number of carbonyl (C=O) groups is 1. The normalized spacial score (nSPS) is 15.6. The van der Waals surface area contributed by atoms with Gasteiger partial charge in [-0.3, -0.25) is 4.79 Å². The van der Waals surface area contributed by atoms with E-state index < -0.39 is 11.9 Å². The number of hydrogen-bond donors (Lipinski definition) is 2. The molecule has 1 unspecified atom stereocenters. The van der Waals surface area contributed by atoms with Crippen molar-refractivity contribution in [1.82, 2.24) is 9.97 Å². The highest BCUT2D eigenvalue weighted by Crippen LogP contribution is 2.40. The molecule has 8 heteroatoms.